The topological polar surface area (TPSA) is 20.2 Å². The van der Waals surface area contributed by atoms with Crippen LogP contribution in [0.15, 0.2) is 18.2 Å². The van der Waals surface area contributed by atoms with Gasteiger partial charge in [0.25, 0.3) is 0 Å². The third-order valence-electron chi connectivity index (χ3n) is 1.81. The van der Waals surface area contributed by atoms with Gasteiger partial charge in [-0.25, -0.2) is 0 Å². The van der Waals surface area contributed by atoms with E-state index in [9.17, 15) is 13.2 Å². The summed E-state index contributed by atoms with van der Waals surface area (Å²) >= 11 is 11.2. The molecule has 0 aromatic heterocycles. The van der Waals surface area contributed by atoms with Crippen LogP contribution in [-0.4, -0.2) is 17.4 Å². The maximum Gasteiger partial charge on any atom is 0.414 e. The van der Waals surface area contributed by atoms with E-state index in [0.29, 0.717) is 5.02 Å². The Labute approximate surface area is 94.4 Å². The molecule has 0 saturated carbocycles. The molecule has 1 rings (SSSR count). The molecule has 1 aromatic rings. The zero-order valence-corrected chi connectivity index (χ0v) is 8.87. The summed E-state index contributed by atoms with van der Waals surface area (Å²) in [6.07, 6.45) is -7.61. The molecule has 0 fully saturated rings. The molecule has 0 saturated heterocycles. The largest absolute Gasteiger partial charge is 0.414 e. The Morgan fingerprint density at radius 2 is 1.87 bits per heavy atom. The maximum absolute atomic E-state index is 12.0. The van der Waals surface area contributed by atoms with E-state index in [0.717, 1.165) is 0 Å². The summed E-state index contributed by atoms with van der Waals surface area (Å²) in [5.74, 6) is 0. The highest BCUT2D eigenvalue weighted by Crippen LogP contribution is 2.27. The van der Waals surface area contributed by atoms with Crippen LogP contribution in [0.5, 0.6) is 0 Å². The zero-order valence-electron chi connectivity index (χ0n) is 7.35. The monoisotopic (exact) mass is 258 g/mol. The SMILES string of the molecule is O[C@H](Cc1ccc(Cl)cc1Cl)C(F)(F)F. The van der Waals surface area contributed by atoms with Crippen LogP contribution in [0.25, 0.3) is 0 Å². The van der Waals surface area contributed by atoms with Crippen molar-refractivity contribution in [2.24, 2.45) is 0 Å². The Balaban J connectivity index is 2.82. The fourth-order valence-electron chi connectivity index (χ4n) is 1.01. The van der Waals surface area contributed by atoms with Crippen LogP contribution in [0.4, 0.5) is 13.2 Å². The quantitative estimate of drug-likeness (QED) is 0.862. The van der Waals surface area contributed by atoms with Crippen LogP contribution < -0.4 is 0 Å². The lowest BCUT2D eigenvalue weighted by atomic mass is 10.1. The minimum Gasteiger partial charge on any atom is -0.383 e. The van der Waals surface area contributed by atoms with Crippen LogP contribution in [-0.2, 0) is 6.42 Å². The van der Waals surface area contributed by atoms with Crippen molar-refractivity contribution in [2.45, 2.75) is 18.7 Å². The van der Waals surface area contributed by atoms with E-state index in [4.69, 9.17) is 28.3 Å². The van der Waals surface area contributed by atoms with Crippen LogP contribution >= 0.6 is 23.2 Å². The highest BCUT2D eigenvalue weighted by Gasteiger charge is 2.38. The van der Waals surface area contributed by atoms with Gasteiger partial charge in [-0.2, -0.15) is 13.2 Å². The Bertz CT molecular complexity index is 352. The first-order valence-corrected chi connectivity index (χ1v) is 4.75. The molecule has 84 valence electrons. The second-order valence-corrected chi connectivity index (χ2v) is 3.84. The summed E-state index contributed by atoms with van der Waals surface area (Å²) in [4.78, 5) is 0. The summed E-state index contributed by atoms with van der Waals surface area (Å²) in [7, 11) is 0. The number of hydrogen-bond donors (Lipinski definition) is 1. The lowest BCUT2D eigenvalue weighted by Crippen LogP contribution is -2.30. The summed E-state index contributed by atoms with van der Waals surface area (Å²) < 4.78 is 36.1. The maximum atomic E-state index is 12.0. The molecule has 0 heterocycles. The molecule has 1 nitrogen and oxygen atoms in total. The second-order valence-electron chi connectivity index (χ2n) is 3.00. The van der Waals surface area contributed by atoms with Crippen LogP contribution in [0.2, 0.25) is 10.0 Å². The van der Waals surface area contributed by atoms with E-state index in [1.807, 2.05) is 0 Å². The van der Waals surface area contributed by atoms with Gasteiger partial charge in [0, 0.05) is 16.5 Å². The summed E-state index contributed by atoms with van der Waals surface area (Å²) in [6, 6.07) is 4.12. The number of hydrogen-bond acceptors (Lipinski definition) is 1. The van der Waals surface area contributed by atoms with Crippen molar-refractivity contribution in [2.75, 3.05) is 0 Å². The first-order chi connectivity index (χ1) is 6.80. The molecule has 1 aromatic carbocycles. The Morgan fingerprint density at radius 3 is 2.33 bits per heavy atom. The summed E-state index contributed by atoms with van der Waals surface area (Å²) in [6.45, 7) is 0. The molecule has 0 unspecified atom stereocenters. The van der Waals surface area contributed by atoms with Crippen molar-refractivity contribution in [1.29, 1.82) is 0 Å². The molecule has 0 radical (unpaired) electrons. The van der Waals surface area contributed by atoms with Gasteiger partial charge in [0.15, 0.2) is 6.10 Å². The average Bonchev–Trinajstić information content (AvgIpc) is 2.08. The van der Waals surface area contributed by atoms with E-state index in [-0.39, 0.29) is 10.6 Å². The van der Waals surface area contributed by atoms with Crippen molar-refractivity contribution in [3.05, 3.63) is 33.8 Å². The Hall–Kier alpha value is -0.450. The van der Waals surface area contributed by atoms with Gasteiger partial charge in [-0.15, -0.1) is 0 Å². The number of benzene rings is 1. The fraction of sp³-hybridized carbons (Fsp3) is 0.333. The summed E-state index contributed by atoms with van der Waals surface area (Å²) in [5.41, 5.74) is 0.214. The molecule has 0 aliphatic rings. The standard InChI is InChI=1S/C9H7Cl2F3O/c10-6-2-1-5(7(11)4-6)3-8(15)9(12,13)14/h1-2,4,8,15H,3H2/t8-/m1/s1. The van der Waals surface area contributed by atoms with Crippen molar-refractivity contribution >= 4 is 23.2 Å². The van der Waals surface area contributed by atoms with Gasteiger partial charge in [-0.1, -0.05) is 29.3 Å². The molecule has 15 heavy (non-hydrogen) atoms. The van der Waals surface area contributed by atoms with E-state index in [2.05, 4.69) is 0 Å². The van der Waals surface area contributed by atoms with Gasteiger partial charge < -0.3 is 5.11 Å². The van der Waals surface area contributed by atoms with Gasteiger partial charge in [0.05, 0.1) is 0 Å². The highest BCUT2D eigenvalue weighted by molar-refractivity contribution is 6.35. The van der Waals surface area contributed by atoms with E-state index in [1.54, 1.807) is 0 Å². The molecule has 0 spiro atoms. The van der Waals surface area contributed by atoms with Crippen molar-refractivity contribution in [3.63, 3.8) is 0 Å². The smallest absolute Gasteiger partial charge is 0.383 e. The molecule has 6 heteroatoms. The van der Waals surface area contributed by atoms with Gasteiger partial charge in [0.2, 0.25) is 0 Å². The van der Waals surface area contributed by atoms with Gasteiger partial charge in [-0.3, -0.25) is 0 Å². The molecule has 1 N–H and O–H groups in total. The first kappa shape index (κ1) is 12.6. The Morgan fingerprint density at radius 1 is 1.27 bits per heavy atom. The minimum atomic E-state index is -4.64. The molecule has 0 amide bonds. The van der Waals surface area contributed by atoms with Crippen LogP contribution in [0, 0.1) is 0 Å². The molecule has 0 aliphatic carbocycles. The zero-order chi connectivity index (χ0) is 11.6. The number of rotatable bonds is 2. The lowest BCUT2D eigenvalue weighted by Gasteiger charge is -2.15. The molecule has 1 atom stereocenters. The normalized spacial score (nSPS) is 14.0. The lowest BCUT2D eigenvalue weighted by molar-refractivity contribution is -0.203. The van der Waals surface area contributed by atoms with Gasteiger partial charge >= 0.3 is 6.18 Å². The van der Waals surface area contributed by atoms with Crippen molar-refractivity contribution in [1.82, 2.24) is 0 Å². The number of halogens is 5. The summed E-state index contributed by atoms with van der Waals surface area (Å²) in [5, 5.41) is 9.27. The van der Waals surface area contributed by atoms with Crippen molar-refractivity contribution < 1.29 is 18.3 Å². The number of alkyl halides is 3. The first-order valence-electron chi connectivity index (χ1n) is 3.99. The molecular formula is C9H7Cl2F3O. The van der Waals surface area contributed by atoms with E-state index in [1.165, 1.54) is 18.2 Å². The third kappa shape index (κ3) is 3.55. The molecule has 0 aliphatic heterocycles. The van der Waals surface area contributed by atoms with Gasteiger partial charge in [-0.05, 0) is 17.7 Å². The molecule has 0 bridgehead atoms. The fourth-order valence-corrected chi connectivity index (χ4v) is 1.50. The predicted octanol–water partition coefficient (Wildman–Crippen LogP) is 3.46. The van der Waals surface area contributed by atoms with Crippen molar-refractivity contribution in [3.8, 4) is 0 Å². The third-order valence-corrected chi connectivity index (χ3v) is 2.39. The second kappa shape index (κ2) is 4.60. The number of aliphatic hydroxyl groups excluding tert-OH is 1. The van der Waals surface area contributed by atoms with Crippen LogP contribution in [0.1, 0.15) is 5.56 Å². The average molecular weight is 259 g/mol. The van der Waals surface area contributed by atoms with E-state index < -0.39 is 18.7 Å². The van der Waals surface area contributed by atoms with Crippen LogP contribution in [0.3, 0.4) is 0 Å². The predicted molar refractivity (Wildman–Crippen MR) is 52.2 cm³/mol. The molecular weight excluding hydrogens is 252 g/mol. The number of aliphatic hydroxyl groups is 1. The Kier molecular flexibility index (Phi) is 3.87. The van der Waals surface area contributed by atoms with Gasteiger partial charge in [0.1, 0.15) is 0 Å². The highest BCUT2D eigenvalue weighted by atomic mass is 35.5. The van der Waals surface area contributed by atoms with E-state index >= 15 is 0 Å². The minimum absolute atomic E-state index is 0.116.